The predicted octanol–water partition coefficient (Wildman–Crippen LogP) is 4.07. The summed E-state index contributed by atoms with van der Waals surface area (Å²) in [4.78, 5) is 12.0. The Kier molecular flexibility index (Phi) is 3.09. The molecule has 19 heavy (non-hydrogen) atoms. The number of carbonyl (C=O) groups excluding carboxylic acids is 1. The minimum atomic E-state index is -0.718. The average Bonchev–Trinajstić information content (AvgIpc) is 2.41. The molecule has 1 amide bonds. The van der Waals surface area contributed by atoms with E-state index in [2.05, 4.69) is 5.32 Å². The number of para-hydroxylation sites is 2. The second-order valence-electron chi connectivity index (χ2n) is 4.16. The smallest absolute Gasteiger partial charge is 0.270 e. The lowest BCUT2D eigenvalue weighted by molar-refractivity contribution is -0.123. The van der Waals surface area contributed by atoms with E-state index >= 15 is 0 Å². The third kappa shape index (κ3) is 2.27. The minimum Gasteiger partial charge on any atom is -0.474 e. The van der Waals surface area contributed by atoms with Gasteiger partial charge in [0.05, 0.1) is 15.7 Å². The van der Waals surface area contributed by atoms with Gasteiger partial charge < -0.3 is 10.1 Å². The van der Waals surface area contributed by atoms with Gasteiger partial charge in [0, 0.05) is 5.56 Å². The zero-order valence-electron chi connectivity index (χ0n) is 9.69. The average molecular weight is 294 g/mol. The van der Waals surface area contributed by atoms with E-state index in [1.165, 1.54) is 0 Å². The van der Waals surface area contributed by atoms with Crippen LogP contribution < -0.4 is 10.1 Å². The molecule has 3 rings (SSSR count). The van der Waals surface area contributed by atoms with Crippen molar-refractivity contribution in [1.82, 2.24) is 0 Å². The largest absolute Gasteiger partial charge is 0.474 e. The minimum absolute atomic E-state index is 0.225. The molecule has 0 radical (unpaired) electrons. The monoisotopic (exact) mass is 293 g/mol. The van der Waals surface area contributed by atoms with E-state index in [-0.39, 0.29) is 5.91 Å². The van der Waals surface area contributed by atoms with Crippen molar-refractivity contribution in [3.05, 3.63) is 58.1 Å². The third-order valence-electron chi connectivity index (χ3n) is 2.87. The van der Waals surface area contributed by atoms with E-state index in [1.54, 1.807) is 30.3 Å². The summed E-state index contributed by atoms with van der Waals surface area (Å²) < 4.78 is 5.71. The van der Waals surface area contributed by atoms with Crippen LogP contribution in [0.2, 0.25) is 10.0 Å². The summed E-state index contributed by atoms with van der Waals surface area (Å²) in [7, 11) is 0. The number of nitrogens with one attached hydrogen (secondary N) is 1. The molecule has 2 aromatic carbocycles. The molecule has 0 saturated heterocycles. The highest BCUT2D eigenvalue weighted by atomic mass is 35.5. The fourth-order valence-electron chi connectivity index (χ4n) is 1.95. The third-order valence-corrected chi connectivity index (χ3v) is 3.61. The second kappa shape index (κ2) is 4.76. The van der Waals surface area contributed by atoms with Crippen LogP contribution in [-0.2, 0) is 4.79 Å². The van der Waals surface area contributed by atoms with Crippen molar-refractivity contribution in [2.45, 2.75) is 6.10 Å². The highest BCUT2D eigenvalue weighted by Gasteiger charge is 2.29. The molecule has 3 nitrogen and oxygen atoms in total. The molecule has 1 heterocycles. The van der Waals surface area contributed by atoms with Crippen LogP contribution >= 0.6 is 23.2 Å². The van der Waals surface area contributed by atoms with Crippen molar-refractivity contribution in [1.29, 1.82) is 0 Å². The molecule has 5 heteroatoms. The number of benzene rings is 2. The van der Waals surface area contributed by atoms with Crippen molar-refractivity contribution in [2.75, 3.05) is 5.32 Å². The van der Waals surface area contributed by atoms with Gasteiger partial charge in [0.2, 0.25) is 6.10 Å². The fourth-order valence-corrected chi connectivity index (χ4v) is 2.25. The molecule has 1 atom stereocenters. The Morgan fingerprint density at radius 3 is 2.63 bits per heavy atom. The number of anilines is 1. The lowest BCUT2D eigenvalue weighted by atomic mass is 10.1. The first-order chi connectivity index (χ1) is 9.15. The summed E-state index contributed by atoms with van der Waals surface area (Å²) in [5.41, 5.74) is 1.34. The van der Waals surface area contributed by atoms with Gasteiger partial charge in [-0.1, -0.05) is 41.4 Å². The standard InChI is InChI=1S/C14H9Cl2NO2/c15-9-6-5-8(7-10(9)16)13-14(18)17-11-3-1-2-4-12(11)19-13/h1-7,13H,(H,17,18). The topological polar surface area (TPSA) is 38.3 Å². The van der Waals surface area contributed by atoms with Gasteiger partial charge in [-0.15, -0.1) is 0 Å². The molecule has 1 N–H and O–H groups in total. The van der Waals surface area contributed by atoms with E-state index in [0.29, 0.717) is 27.0 Å². The summed E-state index contributed by atoms with van der Waals surface area (Å²) >= 11 is 11.8. The van der Waals surface area contributed by atoms with Crippen LogP contribution in [0.5, 0.6) is 5.75 Å². The van der Waals surface area contributed by atoms with Crippen molar-refractivity contribution < 1.29 is 9.53 Å². The second-order valence-corrected chi connectivity index (χ2v) is 4.97. The number of rotatable bonds is 1. The van der Waals surface area contributed by atoms with Crippen molar-refractivity contribution in [3.8, 4) is 5.75 Å². The fraction of sp³-hybridized carbons (Fsp3) is 0.0714. The molecule has 0 aliphatic carbocycles. The Bertz CT molecular complexity index is 658. The number of halogens is 2. The van der Waals surface area contributed by atoms with Crippen molar-refractivity contribution in [3.63, 3.8) is 0 Å². The molecule has 0 spiro atoms. The Morgan fingerprint density at radius 2 is 1.84 bits per heavy atom. The quantitative estimate of drug-likeness (QED) is 0.861. The molecule has 96 valence electrons. The molecule has 2 aromatic rings. The van der Waals surface area contributed by atoms with Crippen LogP contribution in [0.1, 0.15) is 11.7 Å². The zero-order valence-corrected chi connectivity index (χ0v) is 11.2. The molecule has 1 unspecified atom stereocenters. The SMILES string of the molecule is O=C1Nc2ccccc2OC1c1ccc(Cl)c(Cl)c1. The predicted molar refractivity (Wildman–Crippen MR) is 74.9 cm³/mol. The van der Waals surface area contributed by atoms with Crippen LogP contribution in [0.15, 0.2) is 42.5 Å². The van der Waals surface area contributed by atoms with Crippen LogP contribution in [0, 0.1) is 0 Å². The molecular formula is C14H9Cl2NO2. The van der Waals surface area contributed by atoms with Gasteiger partial charge in [-0.25, -0.2) is 0 Å². The lowest BCUT2D eigenvalue weighted by Crippen LogP contribution is -2.30. The maximum atomic E-state index is 12.0. The number of ether oxygens (including phenoxy) is 1. The Morgan fingerprint density at radius 1 is 1.05 bits per heavy atom. The van der Waals surface area contributed by atoms with Gasteiger partial charge in [-0.2, -0.15) is 0 Å². The summed E-state index contributed by atoms with van der Waals surface area (Å²) in [6, 6.07) is 12.3. The first-order valence-corrected chi connectivity index (χ1v) is 6.42. The molecule has 1 aliphatic rings. The molecule has 0 saturated carbocycles. The summed E-state index contributed by atoms with van der Waals surface area (Å²) in [6.07, 6.45) is -0.718. The first kappa shape index (κ1) is 12.3. The van der Waals surface area contributed by atoms with Crippen LogP contribution in [0.25, 0.3) is 0 Å². The summed E-state index contributed by atoms with van der Waals surface area (Å²) in [5.74, 6) is 0.412. The number of hydrogen-bond acceptors (Lipinski definition) is 2. The molecular weight excluding hydrogens is 285 g/mol. The van der Waals surface area contributed by atoms with E-state index in [0.717, 1.165) is 0 Å². The Labute approximate surface area is 120 Å². The molecule has 0 fully saturated rings. The normalized spacial score (nSPS) is 17.4. The van der Waals surface area contributed by atoms with Gasteiger partial charge >= 0.3 is 0 Å². The first-order valence-electron chi connectivity index (χ1n) is 5.66. The lowest BCUT2D eigenvalue weighted by Gasteiger charge is -2.26. The van der Waals surface area contributed by atoms with Crippen LogP contribution in [0.4, 0.5) is 5.69 Å². The van der Waals surface area contributed by atoms with Crippen LogP contribution in [-0.4, -0.2) is 5.91 Å². The van der Waals surface area contributed by atoms with Gasteiger partial charge in [0.25, 0.3) is 5.91 Å². The van der Waals surface area contributed by atoms with E-state index in [4.69, 9.17) is 27.9 Å². The van der Waals surface area contributed by atoms with E-state index < -0.39 is 6.10 Å². The van der Waals surface area contributed by atoms with E-state index in [9.17, 15) is 4.79 Å². The zero-order chi connectivity index (χ0) is 13.4. The van der Waals surface area contributed by atoms with Gasteiger partial charge in [0.1, 0.15) is 5.75 Å². The highest BCUT2D eigenvalue weighted by molar-refractivity contribution is 6.42. The van der Waals surface area contributed by atoms with Crippen molar-refractivity contribution in [2.24, 2.45) is 0 Å². The number of hydrogen-bond donors (Lipinski definition) is 1. The Hall–Kier alpha value is -1.71. The summed E-state index contributed by atoms with van der Waals surface area (Å²) in [6.45, 7) is 0. The van der Waals surface area contributed by atoms with Crippen molar-refractivity contribution >= 4 is 34.8 Å². The van der Waals surface area contributed by atoms with Gasteiger partial charge in [-0.3, -0.25) is 4.79 Å². The van der Waals surface area contributed by atoms with Crippen LogP contribution in [0.3, 0.4) is 0 Å². The number of carbonyl (C=O) groups is 1. The Balaban J connectivity index is 1.98. The van der Waals surface area contributed by atoms with Gasteiger partial charge in [-0.05, 0) is 24.3 Å². The highest BCUT2D eigenvalue weighted by Crippen LogP contribution is 2.35. The van der Waals surface area contributed by atoms with Gasteiger partial charge in [0.15, 0.2) is 0 Å². The maximum Gasteiger partial charge on any atom is 0.270 e. The molecule has 1 aliphatic heterocycles. The number of fused-ring (bicyclic) bond motifs is 1. The molecule has 0 aromatic heterocycles. The molecule has 0 bridgehead atoms. The van der Waals surface area contributed by atoms with E-state index in [1.807, 2.05) is 12.1 Å². The number of amides is 1. The summed E-state index contributed by atoms with van der Waals surface area (Å²) in [5, 5.41) is 3.65. The maximum absolute atomic E-state index is 12.0.